The molecule has 0 aromatic carbocycles. The summed E-state index contributed by atoms with van der Waals surface area (Å²) < 4.78 is 3.85. The Bertz CT molecular complexity index is 429. The molecule has 2 heterocycles. The molecule has 1 unspecified atom stereocenters. The van der Waals surface area contributed by atoms with E-state index >= 15 is 0 Å². The van der Waals surface area contributed by atoms with E-state index in [1.807, 2.05) is 13.0 Å². The SMILES string of the molecule is CCc1nnsc1C(O)c1cccnc1. The molecule has 0 fully saturated rings. The molecule has 0 radical (unpaired) electrons. The Morgan fingerprint density at radius 2 is 2.40 bits per heavy atom. The standard InChI is InChI=1S/C10H11N3OS/c1-2-8-10(15-13-12-8)9(14)7-4-3-5-11-6-7/h3-6,9,14H,2H2,1H3. The van der Waals surface area contributed by atoms with Crippen LogP contribution in [0.5, 0.6) is 0 Å². The summed E-state index contributed by atoms with van der Waals surface area (Å²) in [5, 5.41) is 14.1. The van der Waals surface area contributed by atoms with Crippen molar-refractivity contribution in [2.45, 2.75) is 19.4 Å². The van der Waals surface area contributed by atoms with E-state index in [9.17, 15) is 5.11 Å². The minimum atomic E-state index is -0.659. The lowest BCUT2D eigenvalue weighted by atomic mass is 10.1. The highest BCUT2D eigenvalue weighted by molar-refractivity contribution is 7.05. The molecule has 2 aromatic rings. The molecule has 15 heavy (non-hydrogen) atoms. The molecule has 0 aliphatic heterocycles. The number of hydrogen-bond donors (Lipinski definition) is 1. The molecule has 0 aliphatic carbocycles. The summed E-state index contributed by atoms with van der Waals surface area (Å²) in [6.45, 7) is 2.00. The summed E-state index contributed by atoms with van der Waals surface area (Å²) in [5.41, 5.74) is 1.63. The number of aromatic nitrogens is 3. The van der Waals surface area contributed by atoms with Gasteiger partial charge in [0.1, 0.15) is 6.10 Å². The summed E-state index contributed by atoms with van der Waals surface area (Å²) in [5.74, 6) is 0. The van der Waals surface area contributed by atoms with Gasteiger partial charge in [-0.2, -0.15) is 0 Å². The molecular weight excluding hydrogens is 210 g/mol. The second kappa shape index (κ2) is 4.46. The lowest BCUT2D eigenvalue weighted by molar-refractivity contribution is 0.222. The van der Waals surface area contributed by atoms with E-state index in [1.54, 1.807) is 18.5 Å². The maximum Gasteiger partial charge on any atom is 0.118 e. The predicted molar refractivity (Wildman–Crippen MR) is 57.6 cm³/mol. The van der Waals surface area contributed by atoms with Crippen LogP contribution in [0.4, 0.5) is 0 Å². The van der Waals surface area contributed by atoms with E-state index in [0.717, 1.165) is 22.6 Å². The molecule has 1 N–H and O–H groups in total. The minimum Gasteiger partial charge on any atom is -0.383 e. The Kier molecular flexibility index (Phi) is 3.03. The number of hydrogen-bond acceptors (Lipinski definition) is 5. The van der Waals surface area contributed by atoms with Crippen LogP contribution in [0.1, 0.15) is 29.2 Å². The van der Waals surface area contributed by atoms with E-state index in [-0.39, 0.29) is 0 Å². The van der Waals surface area contributed by atoms with Crippen LogP contribution >= 0.6 is 11.5 Å². The van der Waals surface area contributed by atoms with Crippen molar-refractivity contribution in [2.75, 3.05) is 0 Å². The Morgan fingerprint density at radius 1 is 1.53 bits per heavy atom. The number of nitrogens with zero attached hydrogens (tertiary/aromatic N) is 3. The van der Waals surface area contributed by atoms with Gasteiger partial charge >= 0.3 is 0 Å². The second-order valence-electron chi connectivity index (χ2n) is 3.13. The van der Waals surface area contributed by atoms with Crippen molar-refractivity contribution in [2.24, 2.45) is 0 Å². The molecule has 0 spiro atoms. The van der Waals surface area contributed by atoms with Gasteiger partial charge in [-0.05, 0) is 24.0 Å². The van der Waals surface area contributed by atoms with Crippen molar-refractivity contribution in [3.8, 4) is 0 Å². The van der Waals surface area contributed by atoms with Gasteiger partial charge in [-0.3, -0.25) is 4.98 Å². The third-order valence-electron chi connectivity index (χ3n) is 2.17. The molecule has 1 atom stereocenters. The van der Waals surface area contributed by atoms with E-state index in [2.05, 4.69) is 14.6 Å². The zero-order valence-corrected chi connectivity index (χ0v) is 9.11. The van der Waals surface area contributed by atoms with Crippen molar-refractivity contribution in [3.63, 3.8) is 0 Å². The molecule has 5 heteroatoms. The Labute approximate surface area is 91.8 Å². The summed E-state index contributed by atoms with van der Waals surface area (Å²) in [6.07, 6.45) is 3.46. The first-order chi connectivity index (χ1) is 7.33. The van der Waals surface area contributed by atoms with Crippen molar-refractivity contribution in [1.29, 1.82) is 0 Å². The lowest BCUT2D eigenvalue weighted by Gasteiger charge is -2.08. The van der Waals surface area contributed by atoms with Crippen molar-refractivity contribution in [3.05, 3.63) is 40.7 Å². The van der Waals surface area contributed by atoms with Gasteiger partial charge in [0.25, 0.3) is 0 Å². The van der Waals surface area contributed by atoms with E-state index in [1.165, 1.54) is 11.5 Å². The van der Waals surface area contributed by atoms with Crippen LogP contribution in [-0.4, -0.2) is 19.7 Å². The fraction of sp³-hybridized carbons (Fsp3) is 0.300. The van der Waals surface area contributed by atoms with Crippen molar-refractivity contribution in [1.82, 2.24) is 14.6 Å². The van der Waals surface area contributed by atoms with Crippen LogP contribution in [0.3, 0.4) is 0 Å². The average molecular weight is 221 g/mol. The van der Waals surface area contributed by atoms with Gasteiger partial charge in [0.05, 0.1) is 10.6 Å². The van der Waals surface area contributed by atoms with E-state index < -0.39 is 6.10 Å². The average Bonchev–Trinajstić information content (AvgIpc) is 2.77. The minimum absolute atomic E-state index is 0.659. The molecule has 0 aliphatic rings. The summed E-state index contributed by atoms with van der Waals surface area (Å²) in [7, 11) is 0. The largest absolute Gasteiger partial charge is 0.383 e. The summed E-state index contributed by atoms with van der Waals surface area (Å²) in [6, 6.07) is 3.65. The normalized spacial score (nSPS) is 12.7. The van der Waals surface area contributed by atoms with Crippen molar-refractivity contribution < 1.29 is 5.11 Å². The first kappa shape index (κ1) is 10.2. The van der Waals surface area contributed by atoms with Gasteiger partial charge in [0.2, 0.25) is 0 Å². The molecule has 0 bridgehead atoms. The van der Waals surface area contributed by atoms with Gasteiger partial charge in [-0.25, -0.2) is 0 Å². The van der Waals surface area contributed by atoms with Crippen LogP contribution < -0.4 is 0 Å². The van der Waals surface area contributed by atoms with Crippen LogP contribution in [-0.2, 0) is 6.42 Å². The third-order valence-corrected chi connectivity index (χ3v) is 2.99. The van der Waals surface area contributed by atoms with E-state index in [4.69, 9.17) is 0 Å². The molecule has 0 saturated carbocycles. The van der Waals surface area contributed by atoms with Crippen molar-refractivity contribution >= 4 is 11.5 Å². The van der Waals surface area contributed by atoms with Gasteiger partial charge < -0.3 is 5.11 Å². The molecule has 4 nitrogen and oxygen atoms in total. The highest BCUT2D eigenvalue weighted by Gasteiger charge is 2.17. The first-order valence-corrected chi connectivity index (χ1v) is 5.49. The second-order valence-corrected chi connectivity index (χ2v) is 3.91. The molecule has 0 saturated heterocycles. The van der Waals surface area contributed by atoms with Gasteiger partial charge in [0, 0.05) is 18.0 Å². The molecule has 2 aromatic heterocycles. The summed E-state index contributed by atoms with van der Waals surface area (Å²) >= 11 is 1.24. The highest BCUT2D eigenvalue weighted by Crippen LogP contribution is 2.26. The molecule has 0 amide bonds. The highest BCUT2D eigenvalue weighted by atomic mass is 32.1. The smallest absolute Gasteiger partial charge is 0.118 e. The van der Waals surface area contributed by atoms with Crippen LogP contribution in [0.15, 0.2) is 24.5 Å². The molecular formula is C10H11N3OS. The number of aryl methyl sites for hydroxylation is 1. The van der Waals surface area contributed by atoms with Crippen LogP contribution in [0, 0.1) is 0 Å². The van der Waals surface area contributed by atoms with Crippen LogP contribution in [0.25, 0.3) is 0 Å². The Morgan fingerprint density at radius 3 is 3.07 bits per heavy atom. The summed E-state index contributed by atoms with van der Waals surface area (Å²) in [4.78, 5) is 4.79. The maximum atomic E-state index is 10.1. The molecule has 2 rings (SSSR count). The van der Waals surface area contributed by atoms with E-state index in [0.29, 0.717) is 0 Å². The van der Waals surface area contributed by atoms with Gasteiger partial charge in [-0.1, -0.05) is 17.5 Å². The third kappa shape index (κ3) is 2.03. The number of pyridine rings is 1. The number of aliphatic hydroxyl groups is 1. The van der Waals surface area contributed by atoms with Gasteiger partial charge in [0.15, 0.2) is 0 Å². The quantitative estimate of drug-likeness (QED) is 0.854. The zero-order valence-electron chi connectivity index (χ0n) is 8.29. The van der Waals surface area contributed by atoms with Gasteiger partial charge in [-0.15, -0.1) is 5.10 Å². The number of rotatable bonds is 3. The monoisotopic (exact) mass is 221 g/mol. The Balaban J connectivity index is 2.32. The predicted octanol–water partition coefficient (Wildman–Crippen LogP) is 1.58. The zero-order chi connectivity index (χ0) is 10.7. The number of aliphatic hydroxyl groups excluding tert-OH is 1. The lowest BCUT2D eigenvalue weighted by Crippen LogP contribution is -2.00. The fourth-order valence-electron chi connectivity index (χ4n) is 1.36. The Hall–Kier alpha value is -1.33. The topological polar surface area (TPSA) is 58.9 Å². The maximum absolute atomic E-state index is 10.1. The van der Waals surface area contributed by atoms with Crippen LogP contribution in [0.2, 0.25) is 0 Å². The fourth-order valence-corrected chi connectivity index (χ4v) is 2.11. The molecule has 78 valence electrons. The first-order valence-electron chi connectivity index (χ1n) is 4.72.